The minimum absolute atomic E-state index is 0.0902. The minimum atomic E-state index is -0.333. The Labute approximate surface area is 113 Å². The maximum Gasteiger partial charge on any atom is 0.138 e. The van der Waals surface area contributed by atoms with Gasteiger partial charge in [-0.15, -0.1) is 0 Å². The predicted octanol–water partition coefficient (Wildman–Crippen LogP) is 1.70. The highest BCUT2D eigenvalue weighted by atomic mass is 16.5. The lowest BCUT2D eigenvalue weighted by Gasteiger charge is -2.28. The Hall–Kier alpha value is -1.23. The van der Waals surface area contributed by atoms with Gasteiger partial charge in [0.05, 0.1) is 25.4 Å². The second-order valence-corrected chi connectivity index (χ2v) is 4.84. The van der Waals surface area contributed by atoms with Crippen molar-refractivity contribution in [2.24, 2.45) is 0 Å². The van der Waals surface area contributed by atoms with Gasteiger partial charge in [-0.25, -0.2) is 0 Å². The lowest BCUT2D eigenvalue weighted by Crippen LogP contribution is -2.35. The first kappa shape index (κ1) is 14.2. The van der Waals surface area contributed by atoms with Crippen molar-refractivity contribution < 1.29 is 19.4 Å². The van der Waals surface area contributed by atoms with Crippen molar-refractivity contribution in [3.05, 3.63) is 35.9 Å². The smallest absolute Gasteiger partial charge is 0.138 e. The van der Waals surface area contributed by atoms with Crippen molar-refractivity contribution in [1.82, 2.24) is 0 Å². The van der Waals surface area contributed by atoms with E-state index in [2.05, 4.69) is 0 Å². The van der Waals surface area contributed by atoms with Crippen LogP contribution in [0.1, 0.15) is 24.8 Å². The number of aliphatic hydroxyl groups excluding tert-OH is 1. The van der Waals surface area contributed by atoms with Crippen molar-refractivity contribution in [1.29, 1.82) is 0 Å². The molecule has 0 aliphatic carbocycles. The molecule has 1 heterocycles. The van der Waals surface area contributed by atoms with E-state index in [1.165, 1.54) is 0 Å². The highest BCUT2D eigenvalue weighted by Crippen LogP contribution is 2.18. The van der Waals surface area contributed by atoms with Gasteiger partial charge in [-0.1, -0.05) is 30.3 Å². The molecule has 0 unspecified atom stereocenters. The second-order valence-electron chi connectivity index (χ2n) is 4.84. The van der Waals surface area contributed by atoms with Gasteiger partial charge >= 0.3 is 0 Å². The molecule has 1 N–H and O–H groups in total. The van der Waals surface area contributed by atoms with Crippen molar-refractivity contribution in [3.63, 3.8) is 0 Å². The quantitative estimate of drug-likeness (QED) is 0.795. The number of benzene rings is 1. The number of ketones is 1. The fourth-order valence-corrected chi connectivity index (χ4v) is 2.22. The monoisotopic (exact) mass is 264 g/mol. The van der Waals surface area contributed by atoms with Crippen molar-refractivity contribution >= 4 is 5.78 Å². The molecule has 0 saturated carbocycles. The largest absolute Gasteiger partial charge is 0.394 e. The van der Waals surface area contributed by atoms with Crippen LogP contribution < -0.4 is 0 Å². The molecule has 0 bridgehead atoms. The lowest BCUT2D eigenvalue weighted by molar-refractivity contribution is -0.140. The van der Waals surface area contributed by atoms with E-state index in [1.54, 1.807) is 0 Å². The van der Waals surface area contributed by atoms with E-state index in [0.29, 0.717) is 32.5 Å². The maximum atomic E-state index is 11.5. The first-order chi connectivity index (χ1) is 9.28. The molecule has 2 rings (SSSR count). The van der Waals surface area contributed by atoms with Crippen LogP contribution in [0.4, 0.5) is 0 Å². The van der Waals surface area contributed by atoms with Gasteiger partial charge in [0.2, 0.25) is 0 Å². The van der Waals surface area contributed by atoms with Crippen molar-refractivity contribution in [2.75, 3.05) is 13.2 Å². The third-order valence-corrected chi connectivity index (χ3v) is 3.19. The molecule has 19 heavy (non-hydrogen) atoms. The summed E-state index contributed by atoms with van der Waals surface area (Å²) in [5.41, 5.74) is 1.14. The molecular formula is C15H20O4. The zero-order chi connectivity index (χ0) is 13.5. The number of carbonyl (C=O) groups excluding carboxylic acids is 1. The number of hydrogen-bond acceptors (Lipinski definition) is 4. The summed E-state index contributed by atoms with van der Waals surface area (Å²) < 4.78 is 11.2. The molecule has 1 aliphatic heterocycles. The third-order valence-electron chi connectivity index (χ3n) is 3.19. The molecule has 1 aromatic rings. The van der Waals surface area contributed by atoms with Gasteiger partial charge < -0.3 is 14.6 Å². The van der Waals surface area contributed by atoms with E-state index in [-0.39, 0.29) is 24.6 Å². The van der Waals surface area contributed by atoms with Gasteiger partial charge in [-0.2, -0.15) is 0 Å². The van der Waals surface area contributed by atoms with Crippen LogP contribution in [0.25, 0.3) is 0 Å². The number of carbonyl (C=O) groups is 1. The minimum Gasteiger partial charge on any atom is -0.394 e. The molecule has 104 valence electrons. The molecule has 1 aromatic carbocycles. The van der Waals surface area contributed by atoms with Gasteiger partial charge in [0.15, 0.2) is 0 Å². The van der Waals surface area contributed by atoms with Crippen LogP contribution in [0.3, 0.4) is 0 Å². The summed E-state index contributed by atoms with van der Waals surface area (Å²) in [4.78, 5) is 11.5. The van der Waals surface area contributed by atoms with E-state index >= 15 is 0 Å². The molecule has 0 radical (unpaired) electrons. The van der Waals surface area contributed by atoms with Crippen molar-refractivity contribution in [2.45, 2.75) is 38.1 Å². The Kier molecular flexibility index (Phi) is 5.51. The highest BCUT2D eigenvalue weighted by molar-refractivity contribution is 5.80. The van der Waals surface area contributed by atoms with Crippen LogP contribution in [-0.2, 0) is 20.9 Å². The third kappa shape index (κ3) is 4.74. The summed E-state index contributed by atoms with van der Waals surface area (Å²) in [7, 11) is 0. The van der Waals surface area contributed by atoms with E-state index < -0.39 is 0 Å². The topological polar surface area (TPSA) is 55.8 Å². The molecule has 0 amide bonds. The molecule has 4 nitrogen and oxygen atoms in total. The molecule has 1 fully saturated rings. The zero-order valence-corrected chi connectivity index (χ0v) is 11.0. The number of ether oxygens (including phenoxy) is 2. The van der Waals surface area contributed by atoms with Gasteiger partial charge in [0.1, 0.15) is 5.78 Å². The maximum absolute atomic E-state index is 11.5. The standard InChI is InChI=1S/C15H20O4/c16-10-15-9-13(17)8-14(19-15)6-7-18-11-12-4-2-1-3-5-12/h1-5,14-16H,6-11H2/t14-,15+/m0/s1. The van der Waals surface area contributed by atoms with Crippen LogP contribution in [-0.4, -0.2) is 36.3 Å². The molecule has 0 spiro atoms. The average molecular weight is 264 g/mol. The highest BCUT2D eigenvalue weighted by Gasteiger charge is 2.26. The molecule has 1 saturated heterocycles. The van der Waals surface area contributed by atoms with E-state index in [9.17, 15) is 4.79 Å². The Morgan fingerprint density at radius 1 is 1.21 bits per heavy atom. The van der Waals surface area contributed by atoms with Gasteiger partial charge in [-0.05, 0) is 12.0 Å². The zero-order valence-electron chi connectivity index (χ0n) is 11.0. The fourth-order valence-electron chi connectivity index (χ4n) is 2.22. The van der Waals surface area contributed by atoms with Crippen LogP contribution in [0.2, 0.25) is 0 Å². The predicted molar refractivity (Wildman–Crippen MR) is 70.7 cm³/mol. The first-order valence-corrected chi connectivity index (χ1v) is 6.67. The number of Topliss-reactive ketones (excluding diaryl/α,β-unsaturated/α-hetero) is 1. The van der Waals surface area contributed by atoms with Crippen LogP contribution >= 0.6 is 0 Å². The summed E-state index contributed by atoms with van der Waals surface area (Å²) in [5.74, 6) is 0.165. The Balaban J connectivity index is 1.66. The summed E-state index contributed by atoms with van der Waals surface area (Å²) in [6, 6.07) is 9.96. The van der Waals surface area contributed by atoms with Gasteiger partial charge in [0, 0.05) is 19.4 Å². The Bertz CT molecular complexity index is 390. The van der Waals surface area contributed by atoms with E-state index in [0.717, 1.165) is 5.56 Å². The second kappa shape index (κ2) is 7.38. The number of rotatable bonds is 6. The summed E-state index contributed by atoms with van der Waals surface area (Å²) in [6.45, 7) is 1.04. The summed E-state index contributed by atoms with van der Waals surface area (Å²) in [6.07, 6.45) is 1.01. The van der Waals surface area contributed by atoms with Crippen LogP contribution in [0.5, 0.6) is 0 Å². The van der Waals surface area contributed by atoms with Crippen molar-refractivity contribution in [3.8, 4) is 0 Å². The fraction of sp³-hybridized carbons (Fsp3) is 0.533. The van der Waals surface area contributed by atoms with E-state index in [1.807, 2.05) is 30.3 Å². The lowest BCUT2D eigenvalue weighted by atomic mass is 10.0. The summed E-state index contributed by atoms with van der Waals surface area (Å²) in [5, 5.41) is 9.04. The SMILES string of the molecule is O=C1C[C@H](CO)O[C@@H](CCOCc2ccccc2)C1. The van der Waals surface area contributed by atoms with Crippen LogP contribution in [0, 0.1) is 0 Å². The number of aliphatic hydroxyl groups is 1. The van der Waals surface area contributed by atoms with Gasteiger partial charge in [-0.3, -0.25) is 4.79 Å². The number of hydrogen-bond donors (Lipinski definition) is 1. The van der Waals surface area contributed by atoms with E-state index in [4.69, 9.17) is 14.6 Å². The Morgan fingerprint density at radius 3 is 2.68 bits per heavy atom. The first-order valence-electron chi connectivity index (χ1n) is 6.67. The molecule has 4 heteroatoms. The molecular weight excluding hydrogens is 244 g/mol. The molecule has 1 aliphatic rings. The summed E-state index contributed by atoms with van der Waals surface area (Å²) >= 11 is 0. The Morgan fingerprint density at radius 2 is 1.95 bits per heavy atom. The molecule has 2 atom stereocenters. The normalized spacial score (nSPS) is 23.5. The average Bonchev–Trinajstić information content (AvgIpc) is 2.44. The van der Waals surface area contributed by atoms with Crippen LogP contribution in [0.15, 0.2) is 30.3 Å². The molecule has 0 aromatic heterocycles. The van der Waals surface area contributed by atoms with Gasteiger partial charge in [0.25, 0.3) is 0 Å².